The molecule has 0 atom stereocenters. The van der Waals surface area contributed by atoms with Gasteiger partial charge in [-0.3, -0.25) is 4.79 Å². The molecule has 0 fully saturated rings. The van der Waals surface area contributed by atoms with E-state index in [0.29, 0.717) is 19.6 Å². The second-order valence-electron chi connectivity index (χ2n) is 8.96. The normalized spacial score (nSPS) is 13.1. The molecule has 0 aliphatic carbocycles. The molecule has 1 N–H and O–H groups in total. The van der Waals surface area contributed by atoms with Crippen LogP contribution in [0.15, 0.2) is 104 Å². The minimum Gasteiger partial charge on any atom is -0.364 e. The van der Waals surface area contributed by atoms with E-state index in [0.717, 1.165) is 45.4 Å². The number of benzene rings is 4. The highest BCUT2D eigenvalue weighted by molar-refractivity contribution is 6.07. The molecule has 1 aromatic heterocycles. The lowest BCUT2D eigenvalue weighted by Gasteiger charge is -2.24. The fourth-order valence-corrected chi connectivity index (χ4v) is 4.97. The Morgan fingerprint density at radius 1 is 0.861 bits per heavy atom. The van der Waals surface area contributed by atoms with Crippen LogP contribution in [0.3, 0.4) is 0 Å². The summed E-state index contributed by atoms with van der Waals surface area (Å²) in [6, 6.07) is 31.1. The zero-order chi connectivity index (χ0) is 23.6. The number of halogens is 1. The number of imidazole rings is 1. The van der Waals surface area contributed by atoms with Gasteiger partial charge in [0, 0.05) is 37.1 Å². The van der Waals surface area contributed by atoms with Gasteiger partial charge in [-0.2, -0.15) is 0 Å². The summed E-state index contributed by atoms with van der Waals surface area (Å²) in [5.74, 6) is 0.0706. The van der Waals surface area contributed by atoms with E-state index in [1.54, 1.807) is 6.33 Å². The molecule has 180 valence electrons. The average Bonchev–Trinajstić information content (AvgIpc) is 3.36. The van der Waals surface area contributed by atoms with E-state index in [2.05, 4.69) is 69.5 Å². The Bertz CT molecular complexity index is 1480. The first-order chi connectivity index (χ1) is 17.3. The first-order valence-electron chi connectivity index (χ1n) is 11.9. The molecule has 6 rings (SSSR count). The molecule has 1 aliphatic rings. The van der Waals surface area contributed by atoms with Crippen molar-refractivity contribution in [3.8, 4) is 11.1 Å². The highest BCUT2D eigenvalue weighted by Gasteiger charge is 2.25. The first kappa shape index (κ1) is 23.6. The van der Waals surface area contributed by atoms with Gasteiger partial charge in [0.1, 0.15) is 0 Å². The van der Waals surface area contributed by atoms with Gasteiger partial charge in [-0.1, -0.05) is 72.8 Å². The van der Waals surface area contributed by atoms with E-state index in [4.69, 9.17) is 0 Å². The molecule has 2 heterocycles. The van der Waals surface area contributed by atoms with Crippen LogP contribution in [0, 0.1) is 0 Å². The summed E-state index contributed by atoms with van der Waals surface area (Å²) < 4.78 is 0. The lowest BCUT2D eigenvalue weighted by Crippen LogP contribution is -2.35. The summed E-state index contributed by atoms with van der Waals surface area (Å²) in [7, 11) is 0. The number of hydrogen-bond acceptors (Lipinski definition) is 3. The van der Waals surface area contributed by atoms with E-state index in [9.17, 15) is 4.79 Å². The fourth-order valence-electron chi connectivity index (χ4n) is 4.97. The SMILES string of the molecule is Cl.O=C(c1cccc2ccccc12)N1CCN(Cc2cnc[nH]2)c2ccc(-c3ccccc3)cc2C1. The van der Waals surface area contributed by atoms with Gasteiger partial charge >= 0.3 is 0 Å². The summed E-state index contributed by atoms with van der Waals surface area (Å²) in [6.07, 6.45) is 3.57. The van der Waals surface area contributed by atoms with Crippen LogP contribution in [-0.2, 0) is 13.1 Å². The van der Waals surface area contributed by atoms with Crippen LogP contribution < -0.4 is 4.90 Å². The van der Waals surface area contributed by atoms with Crippen LogP contribution in [-0.4, -0.2) is 33.9 Å². The molecule has 0 radical (unpaired) electrons. The Morgan fingerprint density at radius 3 is 2.50 bits per heavy atom. The molecule has 0 unspecified atom stereocenters. The maximum Gasteiger partial charge on any atom is 0.254 e. The maximum atomic E-state index is 13.8. The first-order valence-corrected chi connectivity index (χ1v) is 11.9. The van der Waals surface area contributed by atoms with Gasteiger partial charge < -0.3 is 14.8 Å². The van der Waals surface area contributed by atoms with Gasteiger partial charge in [-0.25, -0.2) is 4.98 Å². The highest BCUT2D eigenvalue weighted by Crippen LogP contribution is 2.32. The number of hydrogen-bond donors (Lipinski definition) is 1. The zero-order valence-electron chi connectivity index (χ0n) is 19.8. The lowest BCUT2D eigenvalue weighted by atomic mass is 10.0. The van der Waals surface area contributed by atoms with E-state index in [-0.39, 0.29) is 18.3 Å². The number of carbonyl (C=O) groups excluding carboxylic acids is 1. The summed E-state index contributed by atoms with van der Waals surface area (Å²) in [5.41, 5.74) is 6.45. The van der Waals surface area contributed by atoms with Crippen LogP contribution in [0.25, 0.3) is 21.9 Å². The number of H-pyrrole nitrogens is 1. The second-order valence-corrected chi connectivity index (χ2v) is 8.96. The molecule has 6 heteroatoms. The van der Waals surface area contributed by atoms with E-state index in [1.807, 2.05) is 47.5 Å². The van der Waals surface area contributed by atoms with E-state index < -0.39 is 0 Å². The number of fused-ring (bicyclic) bond motifs is 2. The Morgan fingerprint density at radius 2 is 1.67 bits per heavy atom. The van der Waals surface area contributed by atoms with Gasteiger partial charge in [0.15, 0.2) is 0 Å². The highest BCUT2D eigenvalue weighted by atomic mass is 35.5. The predicted molar refractivity (Wildman–Crippen MR) is 147 cm³/mol. The number of nitrogens with one attached hydrogen (secondary N) is 1. The monoisotopic (exact) mass is 494 g/mol. The van der Waals surface area contributed by atoms with Crippen LogP contribution >= 0.6 is 12.4 Å². The molecule has 0 saturated carbocycles. The van der Waals surface area contributed by atoms with Crippen molar-refractivity contribution in [3.63, 3.8) is 0 Å². The Hall–Kier alpha value is -4.09. The molecule has 0 bridgehead atoms. The van der Waals surface area contributed by atoms with Crippen molar-refractivity contribution in [2.45, 2.75) is 13.1 Å². The smallest absolute Gasteiger partial charge is 0.254 e. The average molecular weight is 495 g/mol. The number of aromatic amines is 1. The molecular weight excluding hydrogens is 468 g/mol. The Kier molecular flexibility index (Phi) is 6.74. The summed E-state index contributed by atoms with van der Waals surface area (Å²) in [4.78, 5) is 25.6. The summed E-state index contributed by atoms with van der Waals surface area (Å²) in [6.45, 7) is 2.67. The molecule has 5 aromatic rings. The van der Waals surface area contributed by atoms with Crippen molar-refractivity contribution in [1.29, 1.82) is 0 Å². The molecule has 36 heavy (non-hydrogen) atoms. The molecule has 5 nitrogen and oxygen atoms in total. The van der Waals surface area contributed by atoms with Crippen molar-refractivity contribution in [2.75, 3.05) is 18.0 Å². The molecular formula is C30H27ClN4O. The van der Waals surface area contributed by atoms with E-state index >= 15 is 0 Å². The number of carbonyl (C=O) groups is 1. The number of anilines is 1. The van der Waals surface area contributed by atoms with Crippen molar-refractivity contribution >= 4 is 34.8 Å². The van der Waals surface area contributed by atoms with Crippen LogP contribution in [0.5, 0.6) is 0 Å². The molecule has 1 aliphatic heterocycles. The standard InChI is InChI=1S/C30H26N4O.ClH/c35-30(28-12-6-10-23-9-4-5-11-27(23)28)34-16-15-33(20-26-18-31-21-32-26)29-14-13-24(17-25(29)19-34)22-7-2-1-3-8-22;/h1-14,17-18,21H,15-16,19-20H2,(H,31,32);1H. The molecule has 0 spiro atoms. The van der Waals surface area contributed by atoms with Crippen LogP contribution in [0.2, 0.25) is 0 Å². The number of aromatic nitrogens is 2. The van der Waals surface area contributed by atoms with Gasteiger partial charge in [0.2, 0.25) is 0 Å². The van der Waals surface area contributed by atoms with Crippen molar-refractivity contribution < 1.29 is 4.79 Å². The predicted octanol–water partition coefficient (Wildman–Crippen LogP) is 6.31. The Labute approximate surface area is 216 Å². The van der Waals surface area contributed by atoms with Gasteiger partial charge in [-0.05, 0) is 45.7 Å². The number of nitrogens with zero attached hydrogens (tertiary/aromatic N) is 3. The maximum absolute atomic E-state index is 13.8. The third kappa shape index (κ3) is 4.58. The van der Waals surface area contributed by atoms with Gasteiger partial charge in [0.05, 0.1) is 18.6 Å². The van der Waals surface area contributed by atoms with Crippen molar-refractivity contribution in [1.82, 2.24) is 14.9 Å². The van der Waals surface area contributed by atoms with Gasteiger partial charge in [-0.15, -0.1) is 12.4 Å². The molecule has 4 aromatic carbocycles. The number of rotatable bonds is 4. The molecule has 1 amide bonds. The fraction of sp³-hybridized carbons (Fsp3) is 0.133. The van der Waals surface area contributed by atoms with Crippen molar-refractivity contribution in [3.05, 3.63) is 120 Å². The molecule has 0 saturated heterocycles. The summed E-state index contributed by atoms with van der Waals surface area (Å²) >= 11 is 0. The minimum absolute atomic E-state index is 0. The van der Waals surface area contributed by atoms with Crippen LogP contribution in [0.4, 0.5) is 5.69 Å². The van der Waals surface area contributed by atoms with Gasteiger partial charge in [0.25, 0.3) is 5.91 Å². The Balaban J connectivity index is 0.00000267. The second kappa shape index (κ2) is 10.3. The largest absolute Gasteiger partial charge is 0.364 e. The number of amides is 1. The third-order valence-electron chi connectivity index (χ3n) is 6.75. The van der Waals surface area contributed by atoms with Crippen molar-refractivity contribution in [2.24, 2.45) is 0 Å². The van der Waals surface area contributed by atoms with Crippen LogP contribution in [0.1, 0.15) is 21.6 Å². The topological polar surface area (TPSA) is 52.2 Å². The third-order valence-corrected chi connectivity index (χ3v) is 6.75. The zero-order valence-corrected chi connectivity index (χ0v) is 20.6. The minimum atomic E-state index is 0. The summed E-state index contributed by atoms with van der Waals surface area (Å²) in [5, 5.41) is 2.08. The quantitative estimate of drug-likeness (QED) is 0.318. The lowest BCUT2D eigenvalue weighted by molar-refractivity contribution is 0.0753. The van der Waals surface area contributed by atoms with E-state index in [1.165, 1.54) is 5.56 Å².